The van der Waals surface area contributed by atoms with Crippen molar-refractivity contribution >= 4 is 28.4 Å². The molecule has 0 radical (unpaired) electrons. The third-order valence-corrected chi connectivity index (χ3v) is 7.05. The van der Waals surface area contributed by atoms with Gasteiger partial charge in [-0.2, -0.15) is 0 Å². The standard InChI is InChI=1S/C25H31N3O2/c1-15(2)12-27-13-18-22(17-8-5-4-6-9-17)24-20(14-28(16(3)29)25(24)30)26-19-10-7-11-21(27)23(18)19/h7,10-11,13,15,17,22,26H,4-6,8-9,12,14H2,1-3H3/t22-/m0/s1. The highest BCUT2D eigenvalue weighted by Crippen LogP contribution is 2.49. The van der Waals surface area contributed by atoms with Crippen LogP contribution in [0.5, 0.6) is 0 Å². The Morgan fingerprint density at radius 1 is 1.20 bits per heavy atom. The zero-order valence-electron chi connectivity index (χ0n) is 18.2. The Kier molecular flexibility index (Phi) is 4.72. The summed E-state index contributed by atoms with van der Waals surface area (Å²) in [5.74, 6) is 0.776. The number of hydrogen-bond donors (Lipinski definition) is 1. The molecule has 30 heavy (non-hydrogen) atoms. The van der Waals surface area contributed by atoms with Crippen LogP contribution in [0.2, 0.25) is 0 Å². The minimum absolute atomic E-state index is 0.0595. The number of amides is 2. The number of anilines is 1. The highest BCUT2D eigenvalue weighted by Gasteiger charge is 2.43. The molecule has 1 atom stereocenters. The van der Waals surface area contributed by atoms with E-state index in [4.69, 9.17) is 0 Å². The van der Waals surface area contributed by atoms with Gasteiger partial charge in [-0.1, -0.05) is 39.2 Å². The first-order chi connectivity index (χ1) is 14.5. The van der Waals surface area contributed by atoms with Crippen LogP contribution in [0.3, 0.4) is 0 Å². The molecule has 5 nitrogen and oxygen atoms in total. The van der Waals surface area contributed by atoms with Gasteiger partial charge in [0, 0.05) is 47.9 Å². The van der Waals surface area contributed by atoms with Gasteiger partial charge in [-0.15, -0.1) is 0 Å². The molecule has 158 valence electrons. The minimum atomic E-state index is -0.173. The molecule has 2 aromatic rings. The summed E-state index contributed by atoms with van der Waals surface area (Å²) in [6.07, 6.45) is 8.32. The lowest BCUT2D eigenvalue weighted by atomic mass is 9.73. The molecule has 3 aliphatic rings. The summed E-state index contributed by atoms with van der Waals surface area (Å²) in [7, 11) is 0. The highest BCUT2D eigenvalue weighted by atomic mass is 16.2. The monoisotopic (exact) mass is 405 g/mol. The molecule has 2 aliphatic heterocycles. The Hall–Kier alpha value is -2.56. The van der Waals surface area contributed by atoms with Gasteiger partial charge in [0.15, 0.2) is 0 Å². The number of carbonyl (C=O) groups is 2. The van der Waals surface area contributed by atoms with E-state index in [0.29, 0.717) is 18.4 Å². The van der Waals surface area contributed by atoms with Crippen LogP contribution in [-0.2, 0) is 16.1 Å². The molecular weight excluding hydrogens is 374 g/mol. The van der Waals surface area contributed by atoms with E-state index in [9.17, 15) is 9.59 Å². The topological polar surface area (TPSA) is 54.3 Å². The van der Waals surface area contributed by atoms with Crippen LogP contribution in [-0.4, -0.2) is 27.8 Å². The van der Waals surface area contributed by atoms with Crippen LogP contribution in [0.4, 0.5) is 5.69 Å². The number of hydrogen-bond acceptors (Lipinski definition) is 3. The molecular formula is C25H31N3O2. The molecule has 3 heterocycles. The van der Waals surface area contributed by atoms with Crippen LogP contribution in [0.25, 0.3) is 10.9 Å². The summed E-state index contributed by atoms with van der Waals surface area (Å²) in [4.78, 5) is 27.0. The van der Waals surface area contributed by atoms with Crippen molar-refractivity contribution in [3.8, 4) is 0 Å². The normalized spacial score (nSPS) is 21.9. The van der Waals surface area contributed by atoms with E-state index in [1.807, 2.05) is 0 Å². The van der Waals surface area contributed by atoms with Gasteiger partial charge in [-0.05, 0) is 42.4 Å². The van der Waals surface area contributed by atoms with E-state index in [-0.39, 0.29) is 17.7 Å². The quantitative estimate of drug-likeness (QED) is 0.779. The number of imide groups is 1. The maximum atomic E-state index is 13.4. The summed E-state index contributed by atoms with van der Waals surface area (Å²) < 4.78 is 2.37. The molecule has 0 saturated heterocycles. The van der Waals surface area contributed by atoms with E-state index < -0.39 is 0 Å². The summed E-state index contributed by atoms with van der Waals surface area (Å²) in [5, 5.41) is 4.84. The summed E-state index contributed by atoms with van der Waals surface area (Å²) in [6, 6.07) is 6.40. The number of nitrogens with zero attached hydrogens (tertiary/aromatic N) is 2. The lowest BCUT2D eigenvalue weighted by molar-refractivity contribution is -0.139. The number of benzene rings is 1. The van der Waals surface area contributed by atoms with Gasteiger partial charge >= 0.3 is 0 Å². The van der Waals surface area contributed by atoms with Gasteiger partial charge in [0.25, 0.3) is 5.91 Å². The largest absolute Gasteiger partial charge is 0.356 e. The third-order valence-electron chi connectivity index (χ3n) is 7.05. The smallest absolute Gasteiger partial charge is 0.259 e. The first-order valence-electron chi connectivity index (χ1n) is 11.4. The Balaban J connectivity index is 1.72. The molecule has 1 aromatic carbocycles. The van der Waals surface area contributed by atoms with Gasteiger partial charge in [0.2, 0.25) is 5.91 Å². The molecule has 1 saturated carbocycles. The van der Waals surface area contributed by atoms with Crippen molar-refractivity contribution in [2.75, 3.05) is 11.9 Å². The van der Waals surface area contributed by atoms with Crippen LogP contribution in [0.15, 0.2) is 35.7 Å². The zero-order valence-corrected chi connectivity index (χ0v) is 18.2. The van der Waals surface area contributed by atoms with Gasteiger partial charge in [-0.25, -0.2) is 0 Å². The molecule has 0 spiro atoms. The number of aromatic nitrogens is 1. The van der Waals surface area contributed by atoms with Crippen molar-refractivity contribution in [3.63, 3.8) is 0 Å². The van der Waals surface area contributed by atoms with Crippen molar-refractivity contribution < 1.29 is 9.59 Å². The molecule has 0 bridgehead atoms. The van der Waals surface area contributed by atoms with Crippen molar-refractivity contribution in [3.05, 3.63) is 41.2 Å². The van der Waals surface area contributed by atoms with Crippen LogP contribution >= 0.6 is 0 Å². The third kappa shape index (κ3) is 2.98. The Labute approximate surface area is 178 Å². The number of rotatable bonds is 3. The zero-order chi connectivity index (χ0) is 21.0. The molecule has 1 aliphatic carbocycles. The second kappa shape index (κ2) is 7.29. The summed E-state index contributed by atoms with van der Waals surface area (Å²) in [5.41, 5.74) is 5.32. The van der Waals surface area contributed by atoms with Crippen LogP contribution in [0, 0.1) is 11.8 Å². The van der Waals surface area contributed by atoms with E-state index in [1.54, 1.807) is 0 Å². The fraction of sp³-hybridized carbons (Fsp3) is 0.520. The predicted molar refractivity (Wildman–Crippen MR) is 119 cm³/mol. The molecule has 1 fully saturated rings. The average molecular weight is 406 g/mol. The molecule has 5 heteroatoms. The molecule has 2 amide bonds. The molecule has 0 unspecified atom stereocenters. The first-order valence-corrected chi connectivity index (χ1v) is 11.4. The Bertz CT molecular complexity index is 1060. The van der Waals surface area contributed by atoms with Gasteiger partial charge in [-0.3, -0.25) is 14.5 Å². The van der Waals surface area contributed by atoms with Crippen LogP contribution in [0.1, 0.15) is 64.4 Å². The lowest BCUT2D eigenvalue weighted by Gasteiger charge is -2.31. The van der Waals surface area contributed by atoms with Crippen molar-refractivity contribution in [2.24, 2.45) is 11.8 Å². The van der Waals surface area contributed by atoms with Gasteiger partial charge in [0.05, 0.1) is 12.1 Å². The maximum Gasteiger partial charge on any atom is 0.259 e. The van der Waals surface area contributed by atoms with Crippen molar-refractivity contribution in [1.82, 2.24) is 9.47 Å². The lowest BCUT2D eigenvalue weighted by Crippen LogP contribution is -2.34. The van der Waals surface area contributed by atoms with Crippen LogP contribution < -0.4 is 5.32 Å². The molecule has 5 rings (SSSR count). The van der Waals surface area contributed by atoms with E-state index >= 15 is 0 Å². The van der Waals surface area contributed by atoms with Crippen molar-refractivity contribution in [1.29, 1.82) is 0 Å². The second-order valence-corrected chi connectivity index (χ2v) is 9.63. The Morgan fingerprint density at radius 2 is 1.97 bits per heavy atom. The first kappa shape index (κ1) is 19.4. The van der Waals surface area contributed by atoms with E-state index in [0.717, 1.165) is 36.3 Å². The predicted octanol–water partition coefficient (Wildman–Crippen LogP) is 5.03. The molecule has 1 aromatic heterocycles. The number of nitrogens with one attached hydrogen (secondary N) is 1. The second-order valence-electron chi connectivity index (χ2n) is 9.63. The van der Waals surface area contributed by atoms with E-state index in [1.165, 1.54) is 47.6 Å². The summed E-state index contributed by atoms with van der Waals surface area (Å²) in [6.45, 7) is 7.29. The van der Waals surface area contributed by atoms with Crippen molar-refractivity contribution in [2.45, 2.75) is 65.3 Å². The minimum Gasteiger partial charge on any atom is -0.356 e. The van der Waals surface area contributed by atoms with Gasteiger partial charge < -0.3 is 9.88 Å². The fourth-order valence-electron chi connectivity index (χ4n) is 5.82. The Morgan fingerprint density at radius 3 is 2.67 bits per heavy atom. The fourth-order valence-corrected chi connectivity index (χ4v) is 5.82. The maximum absolute atomic E-state index is 13.4. The highest BCUT2D eigenvalue weighted by molar-refractivity contribution is 6.10. The average Bonchev–Trinajstić information content (AvgIpc) is 3.18. The molecule has 1 N–H and O–H groups in total. The SMILES string of the molecule is CC(=O)N1CC2=C(C1=O)[C@@H](C1CCCCC1)c1cn(CC(C)C)c3cccc(c13)N2. The van der Waals surface area contributed by atoms with E-state index in [2.05, 4.69) is 48.1 Å². The number of carbonyl (C=O) groups excluding carboxylic acids is 2. The van der Waals surface area contributed by atoms with Gasteiger partial charge in [0.1, 0.15) is 0 Å². The summed E-state index contributed by atoms with van der Waals surface area (Å²) >= 11 is 0.